The van der Waals surface area contributed by atoms with Crippen LogP contribution in [0.15, 0.2) is 24.4 Å². The van der Waals surface area contributed by atoms with Gasteiger partial charge in [-0.25, -0.2) is 9.97 Å². The molecule has 1 atom stereocenters. The van der Waals surface area contributed by atoms with Crippen LogP contribution in [-0.2, 0) is 34.7 Å². The van der Waals surface area contributed by atoms with E-state index in [0.717, 1.165) is 28.8 Å². The molecule has 1 saturated carbocycles. The van der Waals surface area contributed by atoms with Crippen LogP contribution in [0.2, 0.25) is 0 Å². The van der Waals surface area contributed by atoms with Crippen molar-refractivity contribution in [1.82, 2.24) is 14.9 Å². The number of benzene rings is 1. The lowest BCUT2D eigenvalue weighted by Crippen LogP contribution is -2.41. The number of nitrogens with one attached hydrogen (secondary N) is 1. The quantitative estimate of drug-likeness (QED) is 0.864. The molecule has 1 saturated heterocycles. The number of nitrogens with zero attached hydrogens (tertiary/aromatic N) is 3. The topological polar surface area (TPSA) is 76.6 Å². The van der Waals surface area contributed by atoms with Crippen LogP contribution in [0.4, 0.5) is 5.95 Å². The summed E-state index contributed by atoms with van der Waals surface area (Å²) >= 11 is 0. The van der Waals surface area contributed by atoms with Crippen molar-refractivity contribution in [3.8, 4) is 0 Å². The molecule has 0 bridgehead atoms. The van der Waals surface area contributed by atoms with Crippen molar-refractivity contribution in [2.24, 2.45) is 0 Å². The Morgan fingerprint density at radius 2 is 2.00 bits per heavy atom. The molecule has 1 aromatic carbocycles. The van der Waals surface area contributed by atoms with Gasteiger partial charge >= 0.3 is 0 Å². The predicted octanol–water partition coefficient (Wildman–Crippen LogP) is 2.40. The van der Waals surface area contributed by atoms with Gasteiger partial charge in [0.25, 0.3) is 5.91 Å². The molecule has 7 nitrogen and oxygen atoms in total. The summed E-state index contributed by atoms with van der Waals surface area (Å²) in [5, 5.41) is 3.40. The standard InChI is InChI=1S/C22H24N4O3/c27-20(14-1-2-15-9-28-10-16(15)7-14)26-6-5-22(12-26)13-29-11-17-8-23-21(25-19(17)22)24-18-3-4-18/h1-2,7-8,18H,3-6,9-13H2,(H,23,24,25)/t22-/m0/s1. The van der Waals surface area contributed by atoms with Crippen LogP contribution < -0.4 is 5.32 Å². The molecule has 1 N–H and O–H groups in total. The lowest BCUT2D eigenvalue weighted by molar-refractivity contribution is 0.0485. The first-order chi connectivity index (χ1) is 14.2. The third kappa shape index (κ3) is 3.00. The first-order valence-corrected chi connectivity index (χ1v) is 10.4. The lowest BCUT2D eigenvalue weighted by Gasteiger charge is -2.34. The molecule has 1 amide bonds. The fourth-order valence-electron chi connectivity index (χ4n) is 4.72. The van der Waals surface area contributed by atoms with Gasteiger partial charge in [0.05, 0.1) is 37.5 Å². The average molecular weight is 392 g/mol. The van der Waals surface area contributed by atoms with Crippen LogP contribution in [0.5, 0.6) is 0 Å². The molecule has 6 rings (SSSR count). The number of hydrogen-bond acceptors (Lipinski definition) is 6. The zero-order valence-corrected chi connectivity index (χ0v) is 16.3. The zero-order chi connectivity index (χ0) is 19.4. The summed E-state index contributed by atoms with van der Waals surface area (Å²) in [6, 6.07) is 6.44. The van der Waals surface area contributed by atoms with E-state index in [1.165, 1.54) is 18.4 Å². The number of carbonyl (C=O) groups is 1. The number of carbonyl (C=O) groups excluding carboxylic acids is 1. The van der Waals surface area contributed by atoms with Gasteiger partial charge in [-0.1, -0.05) is 6.07 Å². The maximum atomic E-state index is 13.2. The molecule has 1 aromatic heterocycles. The Balaban J connectivity index is 1.27. The molecule has 1 spiro atoms. The fraction of sp³-hybridized carbons (Fsp3) is 0.500. The number of aromatic nitrogens is 2. The number of hydrogen-bond donors (Lipinski definition) is 1. The van der Waals surface area contributed by atoms with Crippen LogP contribution in [0.3, 0.4) is 0 Å². The second kappa shape index (κ2) is 6.50. The van der Waals surface area contributed by atoms with Crippen molar-refractivity contribution in [3.63, 3.8) is 0 Å². The van der Waals surface area contributed by atoms with Crippen LogP contribution in [0, 0.1) is 0 Å². The Labute approximate surface area is 169 Å². The summed E-state index contributed by atoms with van der Waals surface area (Å²) in [5.41, 5.74) is 4.90. The minimum atomic E-state index is -0.244. The molecule has 4 aliphatic rings. The molecule has 0 unspecified atom stereocenters. The second-order valence-corrected chi connectivity index (χ2v) is 8.71. The highest BCUT2D eigenvalue weighted by molar-refractivity contribution is 5.94. The van der Waals surface area contributed by atoms with E-state index in [4.69, 9.17) is 14.5 Å². The monoisotopic (exact) mass is 392 g/mol. The van der Waals surface area contributed by atoms with E-state index in [0.29, 0.717) is 51.5 Å². The van der Waals surface area contributed by atoms with Crippen molar-refractivity contribution in [2.75, 3.05) is 25.0 Å². The summed E-state index contributed by atoms with van der Waals surface area (Å²) in [4.78, 5) is 24.5. The van der Waals surface area contributed by atoms with Gasteiger partial charge in [0, 0.05) is 36.5 Å². The predicted molar refractivity (Wildman–Crippen MR) is 105 cm³/mol. The molecular formula is C22H24N4O3. The van der Waals surface area contributed by atoms with Crippen molar-refractivity contribution in [3.05, 3.63) is 52.3 Å². The van der Waals surface area contributed by atoms with Gasteiger partial charge in [0.15, 0.2) is 0 Å². The van der Waals surface area contributed by atoms with Gasteiger partial charge in [-0.15, -0.1) is 0 Å². The van der Waals surface area contributed by atoms with Gasteiger partial charge in [-0.2, -0.15) is 0 Å². The summed E-state index contributed by atoms with van der Waals surface area (Å²) in [7, 11) is 0. The number of fused-ring (bicyclic) bond motifs is 3. The fourth-order valence-corrected chi connectivity index (χ4v) is 4.72. The molecule has 1 aliphatic carbocycles. The largest absolute Gasteiger partial charge is 0.376 e. The molecule has 0 radical (unpaired) electrons. The number of ether oxygens (including phenoxy) is 2. The average Bonchev–Trinajstić information content (AvgIpc) is 3.26. The third-order valence-corrected chi connectivity index (χ3v) is 6.52. The normalized spacial score (nSPS) is 25.2. The van der Waals surface area contributed by atoms with Gasteiger partial charge < -0.3 is 19.7 Å². The summed E-state index contributed by atoms with van der Waals surface area (Å²) in [6.45, 7) is 3.72. The molecule has 7 heteroatoms. The van der Waals surface area contributed by atoms with E-state index in [2.05, 4.69) is 10.3 Å². The SMILES string of the molecule is O=C(c1ccc2c(c1)COC2)N1CC[C@@]2(COCc3cnc(NC4CC4)nc32)C1. The summed E-state index contributed by atoms with van der Waals surface area (Å²) in [5.74, 6) is 0.782. The zero-order valence-electron chi connectivity index (χ0n) is 16.3. The van der Waals surface area contributed by atoms with E-state index in [-0.39, 0.29) is 11.3 Å². The number of amides is 1. The van der Waals surface area contributed by atoms with Crippen LogP contribution >= 0.6 is 0 Å². The van der Waals surface area contributed by atoms with Gasteiger partial charge in [0.1, 0.15) is 0 Å². The Morgan fingerprint density at radius 3 is 2.90 bits per heavy atom. The van der Waals surface area contributed by atoms with Crippen molar-refractivity contribution in [1.29, 1.82) is 0 Å². The van der Waals surface area contributed by atoms with E-state index < -0.39 is 0 Å². The molecular weight excluding hydrogens is 368 g/mol. The van der Waals surface area contributed by atoms with Gasteiger partial charge in [-0.3, -0.25) is 4.79 Å². The van der Waals surface area contributed by atoms with Crippen LogP contribution in [-0.4, -0.2) is 46.5 Å². The highest BCUT2D eigenvalue weighted by Crippen LogP contribution is 2.40. The molecule has 3 aliphatic heterocycles. The van der Waals surface area contributed by atoms with Gasteiger partial charge in [0.2, 0.25) is 5.95 Å². The summed E-state index contributed by atoms with van der Waals surface area (Å²) in [6.07, 6.45) is 5.12. The lowest BCUT2D eigenvalue weighted by atomic mass is 9.80. The summed E-state index contributed by atoms with van der Waals surface area (Å²) < 4.78 is 11.4. The Morgan fingerprint density at radius 1 is 1.14 bits per heavy atom. The van der Waals surface area contributed by atoms with Crippen LogP contribution in [0.25, 0.3) is 0 Å². The number of rotatable bonds is 3. The second-order valence-electron chi connectivity index (χ2n) is 8.71. The number of anilines is 1. The van der Waals surface area contributed by atoms with Crippen molar-refractivity contribution in [2.45, 2.75) is 50.5 Å². The highest BCUT2D eigenvalue weighted by Gasteiger charge is 2.46. The van der Waals surface area contributed by atoms with Crippen LogP contribution in [0.1, 0.15) is 52.0 Å². The molecule has 29 heavy (non-hydrogen) atoms. The first-order valence-electron chi connectivity index (χ1n) is 10.4. The Bertz CT molecular complexity index is 990. The van der Waals surface area contributed by atoms with E-state index in [9.17, 15) is 4.79 Å². The smallest absolute Gasteiger partial charge is 0.253 e. The van der Waals surface area contributed by atoms with Crippen molar-refractivity contribution < 1.29 is 14.3 Å². The molecule has 2 fully saturated rings. The van der Waals surface area contributed by atoms with Crippen molar-refractivity contribution >= 4 is 11.9 Å². The minimum absolute atomic E-state index is 0.0779. The third-order valence-electron chi connectivity index (χ3n) is 6.52. The Hall–Kier alpha value is -2.51. The number of likely N-dealkylation sites (tertiary alicyclic amines) is 1. The van der Waals surface area contributed by atoms with Gasteiger partial charge in [-0.05, 0) is 42.5 Å². The van der Waals surface area contributed by atoms with E-state index >= 15 is 0 Å². The molecule has 4 heterocycles. The highest BCUT2D eigenvalue weighted by atomic mass is 16.5. The maximum Gasteiger partial charge on any atom is 0.253 e. The van der Waals surface area contributed by atoms with E-state index in [1.54, 1.807) is 0 Å². The molecule has 150 valence electrons. The van der Waals surface area contributed by atoms with E-state index in [1.807, 2.05) is 29.3 Å². The Kier molecular flexibility index (Phi) is 3.89. The molecule has 2 aromatic rings. The maximum absolute atomic E-state index is 13.2. The minimum Gasteiger partial charge on any atom is -0.376 e. The first kappa shape index (κ1) is 17.4.